The second-order valence-electron chi connectivity index (χ2n) is 7.60. The zero-order chi connectivity index (χ0) is 21.7. The molecule has 1 amide bonds. The number of nitrogens with zero attached hydrogens (tertiary/aromatic N) is 3. The summed E-state index contributed by atoms with van der Waals surface area (Å²) in [5, 5.41) is 3.98. The van der Waals surface area contributed by atoms with Gasteiger partial charge in [0.15, 0.2) is 6.04 Å². The van der Waals surface area contributed by atoms with Crippen molar-refractivity contribution in [3.63, 3.8) is 0 Å². The molecular weight excluding hydrogens is 529 g/mol. The highest BCUT2D eigenvalue weighted by molar-refractivity contribution is 14.1. The second-order valence-corrected chi connectivity index (χ2v) is 9.09. The molecule has 0 spiro atoms. The monoisotopic (exact) mass is 545 g/mol. The first kappa shape index (κ1) is 22.1. The van der Waals surface area contributed by atoms with Crippen molar-refractivity contribution in [1.29, 1.82) is 0 Å². The van der Waals surface area contributed by atoms with Crippen molar-refractivity contribution in [1.82, 2.24) is 14.7 Å². The zero-order valence-electron chi connectivity index (χ0n) is 15.6. The number of benzene rings is 1. The van der Waals surface area contributed by atoms with Crippen molar-refractivity contribution in [2.24, 2.45) is 0 Å². The maximum absolute atomic E-state index is 13.7. The largest absolute Gasteiger partial charge is 0.444 e. The molecule has 1 aliphatic heterocycles. The number of ether oxygens (including phenoxy) is 1. The Morgan fingerprint density at radius 3 is 2.52 bits per heavy atom. The minimum Gasteiger partial charge on any atom is -0.444 e. The van der Waals surface area contributed by atoms with E-state index in [1.807, 2.05) is 22.6 Å². The van der Waals surface area contributed by atoms with Crippen LogP contribution in [-0.4, -0.2) is 39.1 Å². The molecule has 0 saturated heterocycles. The molecule has 0 bridgehead atoms. The van der Waals surface area contributed by atoms with E-state index < -0.39 is 36.3 Å². The maximum Gasteiger partial charge on any atom is 0.412 e. The summed E-state index contributed by atoms with van der Waals surface area (Å²) in [7, 11) is 0. The molecule has 0 N–H and O–H groups in total. The van der Waals surface area contributed by atoms with Crippen LogP contribution in [0.4, 0.5) is 22.4 Å². The normalized spacial score (nSPS) is 17.3. The molecular formula is C18H17ClF4IN3O2. The average Bonchev–Trinajstić information content (AvgIpc) is 2.91. The van der Waals surface area contributed by atoms with Crippen LogP contribution in [0, 0.1) is 9.39 Å². The maximum atomic E-state index is 13.7. The number of fused-ring (bicyclic) bond motifs is 1. The number of rotatable bonds is 1. The van der Waals surface area contributed by atoms with Crippen molar-refractivity contribution in [2.45, 2.75) is 45.1 Å². The van der Waals surface area contributed by atoms with Crippen molar-refractivity contribution in [2.75, 3.05) is 6.54 Å². The number of alkyl halides is 3. The summed E-state index contributed by atoms with van der Waals surface area (Å²) < 4.78 is 61.2. The lowest BCUT2D eigenvalue weighted by Crippen LogP contribution is -2.47. The second kappa shape index (κ2) is 7.60. The molecule has 1 aromatic heterocycles. The van der Waals surface area contributed by atoms with Crippen molar-refractivity contribution < 1.29 is 27.1 Å². The standard InChI is InChI=1S/C18H17ClF4IN3O2/c1-17(2,3)29-16(28)26-7-12-14(24)15(9-4-5-11(20)10(19)6-9)25-27(12)13(8-26)18(21,22)23/h4-6,13H,7-8H2,1-3H3. The lowest BCUT2D eigenvalue weighted by molar-refractivity contribution is -0.178. The molecule has 1 aliphatic rings. The summed E-state index contributed by atoms with van der Waals surface area (Å²) in [6.45, 7) is 4.20. The molecule has 1 atom stereocenters. The van der Waals surface area contributed by atoms with Crippen molar-refractivity contribution in [3.8, 4) is 11.3 Å². The Morgan fingerprint density at radius 1 is 1.31 bits per heavy atom. The van der Waals surface area contributed by atoms with E-state index in [-0.39, 0.29) is 23.0 Å². The van der Waals surface area contributed by atoms with Crippen LogP contribution in [0.2, 0.25) is 5.02 Å². The fraction of sp³-hybridized carbons (Fsp3) is 0.444. The Labute approximate surface area is 183 Å². The van der Waals surface area contributed by atoms with Crippen molar-refractivity contribution >= 4 is 40.3 Å². The van der Waals surface area contributed by atoms with Gasteiger partial charge in [0.1, 0.15) is 17.1 Å². The molecule has 3 rings (SSSR count). The predicted molar refractivity (Wildman–Crippen MR) is 107 cm³/mol. The summed E-state index contributed by atoms with van der Waals surface area (Å²) in [4.78, 5) is 13.4. The van der Waals surface area contributed by atoms with E-state index >= 15 is 0 Å². The molecule has 2 aromatic rings. The highest BCUT2D eigenvalue weighted by atomic mass is 127. The molecule has 11 heteroatoms. The van der Waals surface area contributed by atoms with Gasteiger partial charge in [-0.2, -0.15) is 18.3 Å². The van der Waals surface area contributed by atoms with E-state index in [0.29, 0.717) is 9.13 Å². The van der Waals surface area contributed by atoms with Gasteiger partial charge in [-0.3, -0.25) is 9.58 Å². The fourth-order valence-corrected chi connectivity index (χ4v) is 3.93. The van der Waals surface area contributed by atoms with Crippen LogP contribution >= 0.6 is 34.2 Å². The highest BCUT2D eigenvalue weighted by Crippen LogP contribution is 2.40. The summed E-state index contributed by atoms with van der Waals surface area (Å²) in [6, 6.07) is 1.80. The predicted octanol–water partition coefficient (Wildman–Crippen LogP) is 5.80. The summed E-state index contributed by atoms with van der Waals surface area (Å²) in [5.74, 6) is -0.640. The van der Waals surface area contributed by atoms with Crippen LogP contribution in [0.25, 0.3) is 11.3 Å². The number of hydrogen-bond acceptors (Lipinski definition) is 3. The third kappa shape index (κ3) is 4.62. The van der Waals surface area contributed by atoms with Gasteiger partial charge in [-0.25, -0.2) is 9.18 Å². The van der Waals surface area contributed by atoms with Gasteiger partial charge in [0.05, 0.1) is 27.4 Å². The molecule has 0 fully saturated rings. The van der Waals surface area contributed by atoms with Gasteiger partial charge in [-0.1, -0.05) is 11.6 Å². The molecule has 5 nitrogen and oxygen atoms in total. The first-order chi connectivity index (χ1) is 13.3. The van der Waals surface area contributed by atoms with Crippen LogP contribution in [0.3, 0.4) is 0 Å². The van der Waals surface area contributed by atoms with Crippen LogP contribution < -0.4 is 0 Å². The van der Waals surface area contributed by atoms with Gasteiger partial charge < -0.3 is 4.74 Å². The van der Waals surface area contributed by atoms with E-state index in [2.05, 4.69) is 5.10 Å². The van der Waals surface area contributed by atoms with Gasteiger partial charge >= 0.3 is 12.3 Å². The molecule has 1 unspecified atom stereocenters. The first-order valence-corrected chi connectivity index (χ1v) is 10.0. The van der Waals surface area contributed by atoms with E-state index in [1.54, 1.807) is 20.8 Å². The smallest absolute Gasteiger partial charge is 0.412 e. The van der Waals surface area contributed by atoms with Gasteiger partial charge in [0, 0.05) is 5.56 Å². The first-order valence-electron chi connectivity index (χ1n) is 8.55. The molecule has 0 aliphatic carbocycles. The topological polar surface area (TPSA) is 47.4 Å². The van der Waals surface area contributed by atoms with Gasteiger partial charge in [-0.15, -0.1) is 0 Å². The summed E-state index contributed by atoms with van der Waals surface area (Å²) >= 11 is 7.69. The van der Waals surface area contributed by atoms with Gasteiger partial charge in [0.2, 0.25) is 0 Å². The Bertz CT molecular complexity index is 956. The lowest BCUT2D eigenvalue weighted by Gasteiger charge is -2.35. The van der Waals surface area contributed by atoms with Crippen LogP contribution in [-0.2, 0) is 11.3 Å². The third-order valence-corrected chi connectivity index (χ3v) is 5.62. The third-order valence-electron chi connectivity index (χ3n) is 4.20. The van der Waals surface area contributed by atoms with Gasteiger partial charge in [0.25, 0.3) is 0 Å². The average molecular weight is 546 g/mol. The highest BCUT2D eigenvalue weighted by Gasteiger charge is 2.48. The van der Waals surface area contributed by atoms with Crippen LogP contribution in [0.5, 0.6) is 0 Å². The summed E-state index contributed by atoms with van der Waals surface area (Å²) in [6.07, 6.45) is -5.47. The number of halogens is 6. The molecule has 29 heavy (non-hydrogen) atoms. The molecule has 0 radical (unpaired) electrons. The Balaban J connectivity index is 2.06. The van der Waals surface area contributed by atoms with Crippen molar-refractivity contribution in [3.05, 3.63) is 38.3 Å². The lowest BCUT2D eigenvalue weighted by atomic mass is 10.1. The quantitative estimate of drug-likeness (QED) is 0.336. The molecule has 0 saturated carbocycles. The fourth-order valence-electron chi connectivity index (χ4n) is 2.92. The number of carbonyl (C=O) groups is 1. The molecule has 1 aromatic carbocycles. The number of aromatic nitrogens is 2. The minimum absolute atomic E-state index is 0.0955. The molecule has 2 heterocycles. The zero-order valence-corrected chi connectivity index (χ0v) is 18.6. The Hall–Kier alpha value is -1.56. The number of hydrogen-bond donors (Lipinski definition) is 0. The van der Waals surface area contributed by atoms with Crippen LogP contribution in [0.1, 0.15) is 32.5 Å². The van der Waals surface area contributed by atoms with E-state index in [4.69, 9.17) is 16.3 Å². The molecule has 158 valence electrons. The SMILES string of the molecule is CC(C)(C)OC(=O)N1Cc2c(I)c(-c3ccc(F)c(Cl)c3)nn2C(C(F)(F)F)C1. The number of amides is 1. The van der Waals surface area contributed by atoms with Gasteiger partial charge in [-0.05, 0) is 61.6 Å². The van der Waals surface area contributed by atoms with E-state index in [0.717, 1.165) is 15.6 Å². The van der Waals surface area contributed by atoms with E-state index in [9.17, 15) is 22.4 Å². The van der Waals surface area contributed by atoms with Crippen LogP contribution in [0.15, 0.2) is 18.2 Å². The minimum atomic E-state index is -4.64. The van der Waals surface area contributed by atoms with E-state index in [1.165, 1.54) is 12.1 Å². The Kier molecular flexibility index (Phi) is 5.80. The summed E-state index contributed by atoms with van der Waals surface area (Å²) in [5.41, 5.74) is 0.00166. The number of carbonyl (C=O) groups excluding carboxylic acids is 1. The Morgan fingerprint density at radius 2 is 1.97 bits per heavy atom.